The van der Waals surface area contributed by atoms with Gasteiger partial charge in [-0.05, 0) is 24.5 Å². The zero-order chi connectivity index (χ0) is 17.7. The predicted molar refractivity (Wildman–Crippen MR) is 88.1 cm³/mol. The summed E-state index contributed by atoms with van der Waals surface area (Å²) in [4.78, 5) is 16.8. The van der Waals surface area contributed by atoms with Gasteiger partial charge in [-0.25, -0.2) is 4.39 Å². The van der Waals surface area contributed by atoms with E-state index in [1.807, 2.05) is 6.92 Å². The van der Waals surface area contributed by atoms with Crippen LogP contribution >= 0.6 is 0 Å². The first-order chi connectivity index (χ1) is 12.1. The molecule has 1 N–H and O–H groups in total. The minimum absolute atomic E-state index is 0.0944. The standard InChI is InChI=1S/C18H22FN3O3/c1-13(6-7-14-4-2-3-5-15(14)19)16(23)21-18(8-10-24-11-9-18)17-20-12-25-22-17/h2-5,12-13H,6-11H2,1H3,(H,21,23). The van der Waals surface area contributed by atoms with E-state index in [9.17, 15) is 9.18 Å². The summed E-state index contributed by atoms with van der Waals surface area (Å²) in [6.07, 6.45) is 3.53. The molecule has 6 nitrogen and oxygen atoms in total. The van der Waals surface area contributed by atoms with E-state index in [0.717, 1.165) is 0 Å². The average molecular weight is 347 g/mol. The molecule has 1 aromatic heterocycles. The van der Waals surface area contributed by atoms with Crippen molar-refractivity contribution in [1.29, 1.82) is 0 Å². The molecule has 7 heteroatoms. The summed E-state index contributed by atoms with van der Waals surface area (Å²) in [6.45, 7) is 2.90. The Kier molecular flexibility index (Phi) is 5.43. The first kappa shape index (κ1) is 17.5. The third kappa shape index (κ3) is 4.04. The second kappa shape index (κ2) is 7.74. The largest absolute Gasteiger partial charge is 0.381 e. The van der Waals surface area contributed by atoms with Gasteiger partial charge in [0.1, 0.15) is 11.4 Å². The summed E-state index contributed by atoms with van der Waals surface area (Å²) in [6, 6.07) is 6.65. The molecule has 1 atom stereocenters. The predicted octanol–water partition coefficient (Wildman–Crippen LogP) is 2.60. The molecule has 2 heterocycles. The fraction of sp³-hybridized carbons (Fsp3) is 0.500. The van der Waals surface area contributed by atoms with Crippen LogP contribution in [0.3, 0.4) is 0 Å². The van der Waals surface area contributed by atoms with Crippen molar-refractivity contribution < 1.29 is 18.4 Å². The van der Waals surface area contributed by atoms with Gasteiger partial charge < -0.3 is 14.6 Å². The number of benzene rings is 1. The van der Waals surface area contributed by atoms with Crippen LogP contribution in [-0.4, -0.2) is 29.3 Å². The van der Waals surface area contributed by atoms with Crippen LogP contribution in [0.2, 0.25) is 0 Å². The van der Waals surface area contributed by atoms with Gasteiger partial charge in [0.15, 0.2) is 5.82 Å². The number of rotatable bonds is 6. The molecule has 0 spiro atoms. The molecule has 1 saturated heterocycles. The molecular formula is C18H22FN3O3. The third-order valence-electron chi connectivity index (χ3n) is 4.75. The number of hydrogen-bond donors (Lipinski definition) is 1. The Bertz CT molecular complexity index is 699. The van der Waals surface area contributed by atoms with Crippen LogP contribution in [0.25, 0.3) is 0 Å². The summed E-state index contributed by atoms with van der Waals surface area (Å²) >= 11 is 0. The highest BCUT2D eigenvalue weighted by molar-refractivity contribution is 5.79. The molecule has 0 aliphatic carbocycles. The van der Waals surface area contributed by atoms with E-state index in [2.05, 4.69) is 15.5 Å². The van der Waals surface area contributed by atoms with Crippen molar-refractivity contribution in [3.05, 3.63) is 47.9 Å². The highest BCUT2D eigenvalue weighted by Crippen LogP contribution is 2.30. The topological polar surface area (TPSA) is 77.3 Å². The lowest BCUT2D eigenvalue weighted by Crippen LogP contribution is -2.51. The van der Waals surface area contributed by atoms with Gasteiger partial charge in [-0.15, -0.1) is 0 Å². The number of aromatic nitrogens is 2. The average Bonchev–Trinajstić information content (AvgIpc) is 3.17. The maximum atomic E-state index is 13.7. The molecule has 0 radical (unpaired) electrons. The van der Waals surface area contributed by atoms with E-state index in [1.165, 1.54) is 12.5 Å². The first-order valence-electron chi connectivity index (χ1n) is 8.51. The number of aryl methyl sites for hydroxylation is 1. The molecule has 134 valence electrons. The molecule has 1 fully saturated rings. The molecule has 1 unspecified atom stereocenters. The summed E-state index contributed by atoms with van der Waals surface area (Å²) in [5.41, 5.74) is -0.0321. The van der Waals surface area contributed by atoms with Gasteiger partial charge >= 0.3 is 0 Å². The monoisotopic (exact) mass is 347 g/mol. The number of nitrogens with one attached hydrogen (secondary N) is 1. The Balaban J connectivity index is 1.64. The second-order valence-electron chi connectivity index (χ2n) is 6.47. The van der Waals surface area contributed by atoms with Gasteiger partial charge in [0.2, 0.25) is 12.3 Å². The molecule has 1 aromatic carbocycles. The highest BCUT2D eigenvalue weighted by atomic mass is 19.1. The maximum absolute atomic E-state index is 13.7. The van der Waals surface area contributed by atoms with Crippen molar-refractivity contribution in [2.24, 2.45) is 5.92 Å². The zero-order valence-corrected chi connectivity index (χ0v) is 14.2. The number of carbonyl (C=O) groups excluding carboxylic acids is 1. The van der Waals surface area contributed by atoms with Gasteiger partial charge in [0, 0.05) is 32.0 Å². The van der Waals surface area contributed by atoms with Crippen LogP contribution in [0.4, 0.5) is 4.39 Å². The molecule has 1 amide bonds. The molecule has 3 rings (SSSR count). The number of amides is 1. The molecular weight excluding hydrogens is 325 g/mol. The second-order valence-corrected chi connectivity index (χ2v) is 6.47. The number of nitrogens with zero attached hydrogens (tertiary/aromatic N) is 2. The summed E-state index contributed by atoms with van der Waals surface area (Å²) in [5, 5.41) is 7.01. The fourth-order valence-corrected chi connectivity index (χ4v) is 3.07. The summed E-state index contributed by atoms with van der Waals surface area (Å²) < 4.78 is 24.0. The maximum Gasteiger partial charge on any atom is 0.223 e. The van der Waals surface area contributed by atoms with Gasteiger partial charge in [0.05, 0.1) is 0 Å². The zero-order valence-electron chi connectivity index (χ0n) is 14.2. The summed E-state index contributed by atoms with van der Waals surface area (Å²) in [7, 11) is 0. The van der Waals surface area contributed by atoms with Crippen molar-refractivity contribution >= 4 is 5.91 Å². The van der Waals surface area contributed by atoms with E-state index >= 15 is 0 Å². The molecule has 1 aliphatic rings. The van der Waals surface area contributed by atoms with Crippen LogP contribution in [0.15, 0.2) is 35.2 Å². The lowest BCUT2D eigenvalue weighted by molar-refractivity contribution is -0.128. The Morgan fingerprint density at radius 1 is 1.36 bits per heavy atom. The smallest absolute Gasteiger partial charge is 0.223 e. The lowest BCUT2D eigenvalue weighted by Gasteiger charge is -2.36. The molecule has 25 heavy (non-hydrogen) atoms. The van der Waals surface area contributed by atoms with Crippen molar-refractivity contribution in [1.82, 2.24) is 15.5 Å². The minimum Gasteiger partial charge on any atom is -0.381 e. The number of ether oxygens (including phenoxy) is 1. The number of carbonyl (C=O) groups is 1. The molecule has 2 aromatic rings. The van der Waals surface area contributed by atoms with Crippen molar-refractivity contribution in [2.75, 3.05) is 13.2 Å². The molecule has 0 saturated carbocycles. The SMILES string of the molecule is CC(CCc1ccccc1F)C(=O)NC1(c2ncon2)CCOCC1. The highest BCUT2D eigenvalue weighted by Gasteiger charge is 2.40. The van der Waals surface area contributed by atoms with E-state index in [1.54, 1.807) is 18.2 Å². The van der Waals surface area contributed by atoms with Crippen LogP contribution in [0.5, 0.6) is 0 Å². The fourth-order valence-electron chi connectivity index (χ4n) is 3.07. The van der Waals surface area contributed by atoms with Gasteiger partial charge in [-0.3, -0.25) is 4.79 Å². The van der Waals surface area contributed by atoms with Crippen LogP contribution in [-0.2, 0) is 21.5 Å². The number of halogens is 1. The number of hydrogen-bond acceptors (Lipinski definition) is 5. The quantitative estimate of drug-likeness (QED) is 0.869. The normalized spacial score (nSPS) is 17.8. The summed E-state index contributed by atoms with van der Waals surface area (Å²) in [5.74, 6) is -0.109. The van der Waals surface area contributed by atoms with Gasteiger partial charge in [0.25, 0.3) is 0 Å². The third-order valence-corrected chi connectivity index (χ3v) is 4.75. The Morgan fingerprint density at radius 2 is 2.12 bits per heavy atom. The Labute approximate surface area is 145 Å². The van der Waals surface area contributed by atoms with Crippen molar-refractivity contribution in [3.63, 3.8) is 0 Å². The van der Waals surface area contributed by atoms with E-state index in [-0.39, 0.29) is 17.6 Å². The van der Waals surface area contributed by atoms with Crippen LogP contribution in [0.1, 0.15) is 37.6 Å². The van der Waals surface area contributed by atoms with E-state index in [4.69, 9.17) is 9.26 Å². The van der Waals surface area contributed by atoms with E-state index in [0.29, 0.717) is 50.3 Å². The minimum atomic E-state index is -0.658. The van der Waals surface area contributed by atoms with Crippen LogP contribution in [0, 0.1) is 11.7 Å². The molecule has 0 bridgehead atoms. The van der Waals surface area contributed by atoms with Crippen molar-refractivity contribution in [3.8, 4) is 0 Å². The molecule has 1 aliphatic heterocycles. The van der Waals surface area contributed by atoms with E-state index < -0.39 is 5.54 Å². The Hall–Kier alpha value is -2.28. The van der Waals surface area contributed by atoms with Gasteiger partial charge in [-0.1, -0.05) is 30.3 Å². The lowest BCUT2D eigenvalue weighted by atomic mass is 9.88. The van der Waals surface area contributed by atoms with Gasteiger partial charge in [-0.2, -0.15) is 4.98 Å². The Morgan fingerprint density at radius 3 is 2.80 bits per heavy atom. The van der Waals surface area contributed by atoms with Crippen LogP contribution < -0.4 is 5.32 Å². The van der Waals surface area contributed by atoms with Crippen molar-refractivity contribution in [2.45, 2.75) is 38.1 Å². The first-order valence-corrected chi connectivity index (χ1v) is 8.51.